The minimum Gasteiger partial charge on any atom is -0.214 e. The number of aryl methyl sites for hydroxylation is 1. The summed E-state index contributed by atoms with van der Waals surface area (Å²) in [6, 6.07) is 9.33. The van der Waals surface area contributed by atoms with Gasteiger partial charge in [0.1, 0.15) is 0 Å². The minimum atomic E-state index is 0.0393. The molecular weight excluding hydrogens is 206 g/mol. The van der Waals surface area contributed by atoms with Gasteiger partial charge in [-0.05, 0) is 19.1 Å². The van der Waals surface area contributed by atoms with Crippen LogP contribution in [0.5, 0.6) is 0 Å². The largest absolute Gasteiger partial charge is 0.425 e. The highest BCUT2D eigenvalue weighted by molar-refractivity contribution is 7.09. The number of aromatic nitrogens is 1. The van der Waals surface area contributed by atoms with Crippen LogP contribution in [-0.2, 0) is 0 Å². The van der Waals surface area contributed by atoms with Crippen molar-refractivity contribution in [1.29, 1.82) is 0 Å². The van der Waals surface area contributed by atoms with Gasteiger partial charge in [-0.3, -0.25) is 0 Å². The molecule has 0 saturated heterocycles. The number of hydrogen-bond donors (Lipinski definition) is 0. The van der Waals surface area contributed by atoms with Crippen LogP contribution >= 0.6 is 11.3 Å². The van der Waals surface area contributed by atoms with E-state index < -0.39 is 0 Å². The van der Waals surface area contributed by atoms with E-state index in [4.69, 9.17) is 0 Å². The SMILES string of the molecule is Cc1sc[n+](C(=O)c2ccccc2)c1C. The van der Waals surface area contributed by atoms with Crippen molar-refractivity contribution in [2.24, 2.45) is 0 Å². The summed E-state index contributed by atoms with van der Waals surface area (Å²) >= 11 is 1.60. The highest BCUT2D eigenvalue weighted by atomic mass is 32.1. The molecule has 2 rings (SSSR count). The molecule has 0 aliphatic carbocycles. The summed E-state index contributed by atoms with van der Waals surface area (Å²) in [6.07, 6.45) is 0. The van der Waals surface area contributed by atoms with E-state index in [1.54, 1.807) is 15.9 Å². The summed E-state index contributed by atoms with van der Waals surface area (Å²) in [5.41, 5.74) is 3.61. The normalized spacial score (nSPS) is 10.3. The number of rotatable bonds is 1. The molecule has 0 amide bonds. The van der Waals surface area contributed by atoms with E-state index in [0.717, 1.165) is 11.3 Å². The molecule has 0 N–H and O–H groups in total. The fraction of sp³-hybridized carbons (Fsp3) is 0.167. The maximum atomic E-state index is 12.1. The Kier molecular flexibility index (Phi) is 2.64. The lowest BCUT2D eigenvalue weighted by Gasteiger charge is -1.93. The summed E-state index contributed by atoms with van der Waals surface area (Å²) in [5, 5.41) is 0. The lowest BCUT2D eigenvalue weighted by molar-refractivity contribution is -0.572. The second kappa shape index (κ2) is 3.95. The van der Waals surface area contributed by atoms with E-state index in [1.807, 2.05) is 49.7 Å². The highest BCUT2D eigenvalue weighted by Crippen LogP contribution is 2.09. The van der Waals surface area contributed by atoms with Crippen molar-refractivity contribution < 1.29 is 9.36 Å². The van der Waals surface area contributed by atoms with Crippen molar-refractivity contribution in [2.75, 3.05) is 0 Å². The molecule has 2 nitrogen and oxygen atoms in total. The molecule has 0 unspecified atom stereocenters. The number of benzene rings is 1. The fourth-order valence-electron chi connectivity index (χ4n) is 1.39. The molecular formula is C12H12NOS+. The number of nitrogens with zero attached hydrogens (tertiary/aromatic N) is 1. The van der Waals surface area contributed by atoms with Gasteiger partial charge in [0.2, 0.25) is 11.2 Å². The molecule has 1 aromatic heterocycles. The molecule has 1 aromatic carbocycles. The summed E-state index contributed by atoms with van der Waals surface area (Å²) in [7, 11) is 0. The quantitative estimate of drug-likeness (QED) is 0.673. The Morgan fingerprint density at radius 2 is 1.87 bits per heavy atom. The molecule has 3 heteroatoms. The van der Waals surface area contributed by atoms with Crippen LogP contribution in [0.4, 0.5) is 0 Å². The molecule has 0 spiro atoms. The summed E-state index contributed by atoms with van der Waals surface area (Å²) in [6.45, 7) is 3.99. The molecule has 2 aromatic rings. The van der Waals surface area contributed by atoms with E-state index in [-0.39, 0.29) is 5.91 Å². The molecule has 76 valence electrons. The Morgan fingerprint density at radius 1 is 1.20 bits per heavy atom. The van der Waals surface area contributed by atoms with Crippen LogP contribution in [0.15, 0.2) is 35.8 Å². The van der Waals surface area contributed by atoms with E-state index in [9.17, 15) is 4.79 Å². The van der Waals surface area contributed by atoms with Crippen molar-refractivity contribution in [3.05, 3.63) is 52.0 Å². The van der Waals surface area contributed by atoms with Crippen LogP contribution in [0.3, 0.4) is 0 Å². The smallest absolute Gasteiger partial charge is 0.214 e. The first kappa shape index (κ1) is 10.1. The van der Waals surface area contributed by atoms with Crippen molar-refractivity contribution >= 4 is 17.2 Å². The minimum absolute atomic E-state index is 0.0393. The van der Waals surface area contributed by atoms with E-state index in [0.29, 0.717) is 0 Å². The zero-order chi connectivity index (χ0) is 10.8. The fourth-order valence-corrected chi connectivity index (χ4v) is 2.17. The second-order valence-corrected chi connectivity index (χ2v) is 4.46. The van der Waals surface area contributed by atoms with Gasteiger partial charge in [-0.1, -0.05) is 29.5 Å². The average molecular weight is 218 g/mol. The van der Waals surface area contributed by atoms with Crippen LogP contribution in [0.25, 0.3) is 0 Å². The molecule has 0 aliphatic rings. The number of thiazole rings is 1. The van der Waals surface area contributed by atoms with Gasteiger partial charge in [0.05, 0.1) is 10.4 Å². The van der Waals surface area contributed by atoms with Gasteiger partial charge in [-0.15, -0.1) is 4.57 Å². The lowest BCUT2D eigenvalue weighted by atomic mass is 10.2. The standard InChI is InChI=1S/C12H12NOS/c1-9-10(2)15-8-13(9)12(14)11-6-4-3-5-7-11/h3-8H,1-2H3/q+1. The van der Waals surface area contributed by atoms with Gasteiger partial charge in [0, 0.05) is 6.92 Å². The first-order valence-corrected chi connectivity index (χ1v) is 5.64. The topological polar surface area (TPSA) is 20.9 Å². The van der Waals surface area contributed by atoms with Gasteiger partial charge < -0.3 is 0 Å². The zero-order valence-electron chi connectivity index (χ0n) is 8.73. The Balaban J connectivity index is 2.42. The van der Waals surface area contributed by atoms with Crippen molar-refractivity contribution in [3.63, 3.8) is 0 Å². The van der Waals surface area contributed by atoms with Crippen LogP contribution in [0, 0.1) is 13.8 Å². The van der Waals surface area contributed by atoms with Crippen LogP contribution < -0.4 is 4.57 Å². The Hall–Kier alpha value is -1.48. The number of carbonyl (C=O) groups is 1. The zero-order valence-corrected chi connectivity index (χ0v) is 9.54. The third-order valence-electron chi connectivity index (χ3n) is 2.45. The molecule has 0 aliphatic heterocycles. The van der Waals surface area contributed by atoms with Crippen molar-refractivity contribution in [1.82, 2.24) is 0 Å². The Bertz CT molecular complexity index is 488. The molecule has 0 saturated carbocycles. The van der Waals surface area contributed by atoms with Gasteiger partial charge in [0.15, 0.2) is 0 Å². The van der Waals surface area contributed by atoms with Crippen molar-refractivity contribution in [3.8, 4) is 0 Å². The van der Waals surface area contributed by atoms with Gasteiger partial charge >= 0.3 is 5.91 Å². The molecule has 0 atom stereocenters. The number of hydrogen-bond acceptors (Lipinski definition) is 2. The van der Waals surface area contributed by atoms with Gasteiger partial charge in [-0.25, -0.2) is 4.79 Å². The first-order chi connectivity index (χ1) is 7.20. The average Bonchev–Trinajstić information content (AvgIpc) is 2.60. The van der Waals surface area contributed by atoms with Crippen LogP contribution in [0.1, 0.15) is 20.9 Å². The Morgan fingerprint density at radius 3 is 2.40 bits per heavy atom. The van der Waals surface area contributed by atoms with E-state index >= 15 is 0 Å². The van der Waals surface area contributed by atoms with Crippen LogP contribution in [0.2, 0.25) is 0 Å². The monoisotopic (exact) mass is 218 g/mol. The third kappa shape index (κ3) is 1.83. The third-order valence-corrected chi connectivity index (χ3v) is 3.41. The van der Waals surface area contributed by atoms with E-state index in [2.05, 4.69) is 0 Å². The molecule has 1 heterocycles. The van der Waals surface area contributed by atoms with E-state index in [1.165, 1.54) is 4.88 Å². The predicted molar refractivity (Wildman–Crippen MR) is 60.2 cm³/mol. The maximum Gasteiger partial charge on any atom is 0.425 e. The molecule has 0 bridgehead atoms. The summed E-state index contributed by atoms with van der Waals surface area (Å²) < 4.78 is 1.70. The van der Waals surface area contributed by atoms with Gasteiger partial charge in [0.25, 0.3) is 0 Å². The number of carbonyl (C=O) groups excluding carboxylic acids is 1. The summed E-state index contributed by atoms with van der Waals surface area (Å²) in [5.74, 6) is 0.0393. The molecule has 0 radical (unpaired) electrons. The predicted octanol–water partition coefficient (Wildman–Crippen LogP) is 2.34. The second-order valence-electron chi connectivity index (χ2n) is 3.41. The van der Waals surface area contributed by atoms with Crippen molar-refractivity contribution in [2.45, 2.75) is 13.8 Å². The first-order valence-electron chi connectivity index (χ1n) is 4.76. The highest BCUT2D eigenvalue weighted by Gasteiger charge is 2.22. The maximum absolute atomic E-state index is 12.1. The lowest BCUT2D eigenvalue weighted by Crippen LogP contribution is -2.43. The molecule has 0 fully saturated rings. The summed E-state index contributed by atoms with van der Waals surface area (Å²) in [4.78, 5) is 13.2. The van der Waals surface area contributed by atoms with Gasteiger partial charge in [-0.2, -0.15) is 0 Å². The van der Waals surface area contributed by atoms with Crippen LogP contribution in [-0.4, -0.2) is 5.91 Å². The Labute approximate surface area is 92.8 Å². The molecule has 15 heavy (non-hydrogen) atoms.